The van der Waals surface area contributed by atoms with Gasteiger partial charge in [-0.15, -0.1) is 0 Å². The predicted molar refractivity (Wildman–Crippen MR) is 72.4 cm³/mol. The second kappa shape index (κ2) is 7.90. The maximum absolute atomic E-state index is 5.70. The third kappa shape index (κ3) is 6.12. The Morgan fingerprint density at radius 2 is 2.35 bits per heavy atom. The summed E-state index contributed by atoms with van der Waals surface area (Å²) in [5.74, 6) is 0.514. The zero-order valence-electron chi connectivity index (χ0n) is 10.1. The predicted octanol–water partition coefficient (Wildman–Crippen LogP) is 1.98. The van der Waals surface area contributed by atoms with Crippen LogP contribution in [0.4, 0.5) is 0 Å². The van der Waals surface area contributed by atoms with Gasteiger partial charge >= 0.3 is 0 Å². The van der Waals surface area contributed by atoms with Gasteiger partial charge in [0, 0.05) is 19.3 Å². The zero-order chi connectivity index (χ0) is 12.5. The van der Waals surface area contributed by atoms with Crippen molar-refractivity contribution in [2.45, 2.75) is 26.2 Å². The van der Waals surface area contributed by atoms with Crippen LogP contribution < -0.4 is 11.1 Å². The van der Waals surface area contributed by atoms with E-state index < -0.39 is 0 Å². The van der Waals surface area contributed by atoms with Gasteiger partial charge in [-0.2, -0.15) is 0 Å². The third-order valence-electron chi connectivity index (χ3n) is 2.30. The lowest BCUT2D eigenvalue weighted by atomic mass is 10.2. The summed E-state index contributed by atoms with van der Waals surface area (Å²) in [5, 5.41) is 3.59. The first-order valence-electron chi connectivity index (χ1n) is 5.86. The summed E-state index contributed by atoms with van der Waals surface area (Å²) in [6, 6.07) is 3.75. The molecule has 0 fully saturated rings. The number of pyridine rings is 1. The third-order valence-corrected chi connectivity index (χ3v) is 2.53. The van der Waals surface area contributed by atoms with Gasteiger partial charge in [0.25, 0.3) is 0 Å². The zero-order valence-corrected chi connectivity index (χ0v) is 10.9. The average Bonchev–Trinajstić information content (AvgIpc) is 2.32. The van der Waals surface area contributed by atoms with Crippen LogP contribution in [0.5, 0.6) is 0 Å². The van der Waals surface area contributed by atoms with Crippen LogP contribution in [-0.4, -0.2) is 24.0 Å². The number of hydrogen-bond acceptors (Lipinski definition) is 2. The molecule has 0 atom stereocenters. The van der Waals surface area contributed by atoms with E-state index in [0.717, 1.165) is 37.9 Å². The Balaban J connectivity index is 2.23. The highest BCUT2D eigenvalue weighted by molar-refractivity contribution is 6.29. The van der Waals surface area contributed by atoms with Crippen molar-refractivity contribution in [2.75, 3.05) is 13.1 Å². The molecule has 0 saturated heterocycles. The minimum absolute atomic E-state index is 0.514. The second-order valence-electron chi connectivity index (χ2n) is 3.79. The summed E-state index contributed by atoms with van der Waals surface area (Å²) < 4.78 is 0. The Hall–Kier alpha value is -1.29. The molecule has 1 heterocycles. The van der Waals surface area contributed by atoms with Gasteiger partial charge < -0.3 is 11.1 Å². The van der Waals surface area contributed by atoms with Crippen molar-refractivity contribution in [3.8, 4) is 0 Å². The molecule has 0 aliphatic carbocycles. The van der Waals surface area contributed by atoms with Crippen LogP contribution in [0.1, 0.15) is 25.3 Å². The first-order chi connectivity index (χ1) is 8.22. The quantitative estimate of drug-likeness (QED) is 0.353. The lowest BCUT2D eigenvalue weighted by molar-refractivity contribution is 0.790. The SMILES string of the molecule is CCCCN=C(N)NCCc1ccc(Cl)nc1. The van der Waals surface area contributed by atoms with E-state index >= 15 is 0 Å². The number of halogens is 1. The summed E-state index contributed by atoms with van der Waals surface area (Å²) in [6.07, 6.45) is 4.83. The standard InChI is InChI=1S/C12H19ClN4/c1-2-3-7-15-12(14)16-8-6-10-4-5-11(13)17-9-10/h4-5,9H,2-3,6-8H2,1H3,(H3,14,15,16). The number of aliphatic imine (C=N–C) groups is 1. The Bertz CT molecular complexity index is 348. The largest absolute Gasteiger partial charge is 0.370 e. The lowest BCUT2D eigenvalue weighted by Crippen LogP contribution is -2.33. The molecule has 0 aliphatic rings. The van der Waals surface area contributed by atoms with Crippen molar-refractivity contribution in [1.29, 1.82) is 0 Å². The number of nitrogens with two attached hydrogens (primary N) is 1. The number of aromatic nitrogens is 1. The van der Waals surface area contributed by atoms with Gasteiger partial charge in [-0.1, -0.05) is 31.0 Å². The van der Waals surface area contributed by atoms with E-state index in [1.54, 1.807) is 12.3 Å². The summed E-state index contributed by atoms with van der Waals surface area (Å²) in [4.78, 5) is 8.22. The van der Waals surface area contributed by atoms with Crippen LogP contribution in [0, 0.1) is 0 Å². The van der Waals surface area contributed by atoms with Crippen LogP contribution >= 0.6 is 11.6 Å². The molecule has 0 aromatic carbocycles. The molecule has 17 heavy (non-hydrogen) atoms. The molecule has 0 amide bonds. The number of nitrogens with zero attached hydrogens (tertiary/aromatic N) is 2. The Labute approximate surface area is 107 Å². The molecule has 0 aliphatic heterocycles. The van der Waals surface area contributed by atoms with Crippen molar-refractivity contribution in [3.63, 3.8) is 0 Å². The molecule has 4 nitrogen and oxygen atoms in total. The molecule has 0 bridgehead atoms. The van der Waals surface area contributed by atoms with Gasteiger partial charge in [-0.05, 0) is 24.5 Å². The number of nitrogens with one attached hydrogen (secondary N) is 1. The second-order valence-corrected chi connectivity index (χ2v) is 4.17. The minimum Gasteiger partial charge on any atom is -0.370 e. The fourth-order valence-electron chi connectivity index (χ4n) is 1.30. The van der Waals surface area contributed by atoms with Gasteiger partial charge in [0.1, 0.15) is 5.15 Å². The molecule has 94 valence electrons. The highest BCUT2D eigenvalue weighted by Gasteiger charge is 1.95. The van der Waals surface area contributed by atoms with Crippen LogP contribution in [-0.2, 0) is 6.42 Å². The van der Waals surface area contributed by atoms with Crippen molar-refractivity contribution in [1.82, 2.24) is 10.3 Å². The molecule has 0 spiro atoms. The molecule has 0 saturated carbocycles. The van der Waals surface area contributed by atoms with Gasteiger partial charge in [-0.25, -0.2) is 4.98 Å². The maximum atomic E-state index is 5.70. The lowest BCUT2D eigenvalue weighted by Gasteiger charge is -2.05. The molecule has 0 radical (unpaired) electrons. The van der Waals surface area contributed by atoms with Gasteiger partial charge in [0.2, 0.25) is 0 Å². The Kier molecular flexibility index (Phi) is 6.40. The first-order valence-corrected chi connectivity index (χ1v) is 6.24. The van der Waals surface area contributed by atoms with Crippen molar-refractivity contribution < 1.29 is 0 Å². The maximum Gasteiger partial charge on any atom is 0.188 e. The van der Waals surface area contributed by atoms with E-state index in [1.165, 1.54) is 0 Å². The monoisotopic (exact) mass is 254 g/mol. The van der Waals surface area contributed by atoms with Crippen molar-refractivity contribution >= 4 is 17.6 Å². The molecule has 1 rings (SSSR count). The van der Waals surface area contributed by atoms with Gasteiger partial charge in [0.05, 0.1) is 0 Å². The molecular weight excluding hydrogens is 236 g/mol. The van der Waals surface area contributed by atoms with E-state index in [9.17, 15) is 0 Å². The topological polar surface area (TPSA) is 63.3 Å². The average molecular weight is 255 g/mol. The van der Waals surface area contributed by atoms with Crippen LogP contribution in [0.25, 0.3) is 0 Å². The molecule has 3 N–H and O–H groups in total. The van der Waals surface area contributed by atoms with E-state index in [-0.39, 0.29) is 0 Å². The highest BCUT2D eigenvalue weighted by Crippen LogP contribution is 2.05. The summed E-state index contributed by atoms with van der Waals surface area (Å²) >= 11 is 5.70. The normalized spacial score (nSPS) is 11.5. The Morgan fingerprint density at radius 3 is 3.00 bits per heavy atom. The molecular formula is C12H19ClN4. The fraction of sp³-hybridized carbons (Fsp3) is 0.500. The molecule has 0 unspecified atom stereocenters. The van der Waals surface area contributed by atoms with Crippen LogP contribution in [0.2, 0.25) is 5.15 Å². The van der Waals surface area contributed by atoms with Crippen LogP contribution in [0.15, 0.2) is 23.3 Å². The van der Waals surface area contributed by atoms with Crippen molar-refractivity contribution in [3.05, 3.63) is 29.0 Å². The smallest absolute Gasteiger partial charge is 0.188 e. The van der Waals surface area contributed by atoms with Crippen LogP contribution in [0.3, 0.4) is 0 Å². The Morgan fingerprint density at radius 1 is 1.53 bits per heavy atom. The van der Waals surface area contributed by atoms with E-state index in [4.69, 9.17) is 17.3 Å². The summed E-state index contributed by atoms with van der Waals surface area (Å²) in [5.41, 5.74) is 6.83. The van der Waals surface area contributed by atoms with E-state index in [0.29, 0.717) is 11.1 Å². The first kappa shape index (κ1) is 13.8. The van der Waals surface area contributed by atoms with Crippen molar-refractivity contribution in [2.24, 2.45) is 10.7 Å². The fourth-order valence-corrected chi connectivity index (χ4v) is 1.41. The van der Waals surface area contributed by atoms with Gasteiger partial charge in [-0.3, -0.25) is 4.99 Å². The highest BCUT2D eigenvalue weighted by atomic mass is 35.5. The molecule has 5 heteroatoms. The molecule has 1 aromatic heterocycles. The minimum atomic E-state index is 0.514. The number of guanidine groups is 1. The summed E-state index contributed by atoms with van der Waals surface area (Å²) in [6.45, 7) is 3.68. The van der Waals surface area contributed by atoms with E-state index in [2.05, 4.69) is 22.2 Å². The number of hydrogen-bond donors (Lipinski definition) is 2. The number of unbranched alkanes of at least 4 members (excludes halogenated alkanes) is 1. The van der Waals surface area contributed by atoms with Gasteiger partial charge in [0.15, 0.2) is 5.96 Å². The summed E-state index contributed by atoms with van der Waals surface area (Å²) in [7, 11) is 0. The molecule has 1 aromatic rings. The number of rotatable bonds is 6. The van der Waals surface area contributed by atoms with E-state index in [1.807, 2.05) is 6.07 Å².